The summed E-state index contributed by atoms with van der Waals surface area (Å²) in [6, 6.07) is 14.5. The molecule has 0 aliphatic rings. The number of para-hydroxylation sites is 2. The lowest BCUT2D eigenvalue weighted by Gasteiger charge is -2.25. The van der Waals surface area contributed by atoms with Crippen LogP contribution in [0.3, 0.4) is 0 Å². The molecule has 2 aromatic carbocycles. The molecule has 3 heteroatoms. The fourth-order valence-electron chi connectivity index (χ4n) is 2.14. The van der Waals surface area contributed by atoms with Crippen LogP contribution in [0.25, 0.3) is 0 Å². The van der Waals surface area contributed by atoms with Gasteiger partial charge >= 0.3 is 0 Å². The van der Waals surface area contributed by atoms with Crippen LogP contribution in [-0.4, -0.2) is 6.54 Å². The Hall–Kier alpha value is -2.03. The first kappa shape index (κ1) is 13.4. The zero-order valence-electron chi connectivity index (χ0n) is 11.1. The van der Waals surface area contributed by atoms with E-state index in [2.05, 4.69) is 11.8 Å². The highest BCUT2D eigenvalue weighted by atomic mass is 19.1. The Balaban J connectivity index is 2.21. The molecule has 0 bridgehead atoms. The average Bonchev–Trinajstić information content (AvgIpc) is 2.41. The molecule has 0 aliphatic carbocycles. The summed E-state index contributed by atoms with van der Waals surface area (Å²) in [7, 11) is 0. The van der Waals surface area contributed by atoms with E-state index in [4.69, 9.17) is 5.73 Å². The highest BCUT2D eigenvalue weighted by Crippen LogP contribution is 2.24. The third kappa shape index (κ3) is 3.47. The first-order chi connectivity index (χ1) is 9.20. The summed E-state index contributed by atoms with van der Waals surface area (Å²) in [5.74, 6) is -0.204. The van der Waals surface area contributed by atoms with Crippen LogP contribution in [-0.2, 0) is 6.54 Å². The van der Waals surface area contributed by atoms with E-state index in [9.17, 15) is 4.39 Å². The molecule has 0 atom stereocenters. The van der Waals surface area contributed by atoms with E-state index in [-0.39, 0.29) is 5.82 Å². The van der Waals surface area contributed by atoms with Gasteiger partial charge in [-0.2, -0.15) is 0 Å². The van der Waals surface area contributed by atoms with Crippen molar-refractivity contribution in [3.8, 4) is 0 Å². The van der Waals surface area contributed by atoms with E-state index in [1.165, 1.54) is 12.1 Å². The number of hydrogen-bond donors (Lipinski definition) is 1. The maximum absolute atomic E-state index is 12.9. The highest BCUT2D eigenvalue weighted by molar-refractivity contribution is 5.67. The van der Waals surface area contributed by atoms with Crippen molar-refractivity contribution in [2.24, 2.45) is 0 Å². The zero-order chi connectivity index (χ0) is 13.7. The Bertz CT molecular complexity index is 523. The van der Waals surface area contributed by atoms with Crippen molar-refractivity contribution >= 4 is 11.4 Å². The molecule has 0 unspecified atom stereocenters. The highest BCUT2D eigenvalue weighted by Gasteiger charge is 2.09. The second-order valence-electron chi connectivity index (χ2n) is 4.61. The van der Waals surface area contributed by atoms with Crippen molar-refractivity contribution < 1.29 is 4.39 Å². The van der Waals surface area contributed by atoms with Gasteiger partial charge in [-0.25, -0.2) is 4.39 Å². The molecule has 0 saturated heterocycles. The second kappa shape index (κ2) is 6.23. The van der Waals surface area contributed by atoms with Crippen LogP contribution in [0.1, 0.15) is 18.9 Å². The van der Waals surface area contributed by atoms with E-state index in [1.54, 1.807) is 0 Å². The first-order valence-corrected chi connectivity index (χ1v) is 6.54. The van der Waals surface area contributed by atoms with E-state index in [1.807, 2.05) is 36.4 Å². The summed E-state index contributed by atoms with van der Waals surface area (Å²) < 4.78 is 12.9. The van der Waals surface area contributed by atoms with Crippen molar-refractivity contribution in [2.45, 2.75) is 19.9 Å². The largest absolute Gasteiger partial charge is 0.397 e. The van der Waals surface area contributed by atoms with Gasteiger partial charge in [0, 0.05) is 13.1 Å². The number of hydrogen-bond acceptors (Lipinski definition) is 2. The van der Waals surface area contributed by atoms with Crippen LogP contribution >= 0.6 is 0 Å². The maximum atomic E-state index is 12.9. The fourth-order valence-corrected chi connectivity index (χ4v) is 2.14. The van der Waals surface area contributed by atoms with Gasteiger partial charge < -0.3 is 10.6 Å². The number of rotatable bonds is 5. The van der Waals surface area contributed by atoms with Gasteiger partial charge in [0.15, 0.2) is 0 Å². The Kier molecular flexibility index (Phi) is 4.39. The van der Waals surface area contributed by atoms with Gasteiger partial charge in [-0.1, -0.05) is 31.2 Å². The molecular formula is C16H19FN2. The molecule has 2 rings (SSSR count). The predicted molar refractivity (Wildman–Crippen MR) is 78.6 cm³/mol. The minimum atomic E-state index is -0.204. The summed E-state index contributed by atoms with van der Waals surface area (Å²) in [6.07, 6.45) is 1.04. The number of anilines is 2. The standard InChI is InChI=1S/C16H19FN2/c1-2-11-19(16-6-4-3-5-15(16)18)12-13-7-9-14(17)10-8-13/h3-10H,2,11-12,18H2,1H3. The third-order valence-electron chi connectivity index (χ3n) is 3.06. The average molecular weight is 258 g/mol. The van der Waals surface area contributed by atoms with Crippen LogP contribution in [0.5, 0.6) is 0 Å². The van der Waals surface area contributed by atoms with Gasteiger partial charge in [0.05, 0.1) is 11.4 Å². The van der Waals surface area contributed by atoms with Crippen LogP contribution in [0.15, 0.2) is 48.5 Å². The molecule has 0 fully saturated rings. The minimum absolute atomic E-state index is 0.204. The second-order valence-corrected chi connectivity index (χ2v) is 4.61. The van der Waals surface area contributed by atoms with Gasteiger partial charge in [-0.05, 0) is 36.2 Å². The molecule has 0 aliphatic heterocycles. The van der Waals surface area contributed by atoms with Crippen LogP contribution in [0, 0.1) is 5.82 Å². The maximum Gasteiger partial charge on any atom is 0.123 e. The molecular weight excluding hydrogens is 239 g/mol. The predicted octanol–water partition coefficient (Wildman–Crippen LogP) is 3.82. The lowest BCUT2D eigenvalue weighted by atomic mass is 10.1. The lowest BCUT2D eigenvalue weighted by molar-refractivity contribution is 0.626. The lowest BCUT2D eigenvalue weighted by Crippen LogP contribution is -2.24. The Labute approximate surface area is 113 Å². The molecule has 0 spiro atoms. The zero-order valence-corrected chi connectivity index (χ0v) is 11.1. The van der Waals surface area contributed by atoms with E-state index in [0.29, 0.717) is 0 Å². The van der Waals surface area contributed by atoms with Crippen molar-refractivity contribution in [3.63, 3.8) is 0 Å². The number of benzene rings is 2. The summed E-state index contributed by atoms with van der Waals surface area (Å²) in [4.78, 5) is 2.22. The minimum Gasteiger partial charge on any atom is -0.397 e. The Morgan fingerprint density at radius 3 is 2.37 bits per heavy atom. The summed E-state index contributed by atoms with van der Waals surface area (Å²) >= 11 is 0. The van der Waals surface area contributed by atoms with Gasteiger partial charge in [-0.3, -0.25) is 0 Å². The van der Waals surface area contributed by atoms with E-state index in [0.717, 1.165) is 36.4 Å². The van der Waals surface area contributed by atoms with Crippen LogP contribution in [0.2, 0.25) is 0 Å². The van der Waals surface area contributed by atoms with Crippen molar-refractivity contribution in [1.82, 2.24) is 0 Å². The number of nitrogen functional groups attached to an aromatic ring is 1. The van der Waals surface area contributed by atoms with E-state index >= 15 is 0 Å². The number of nitrogens with two attached hydrogens (primary N) is 1. The van der Waals surface area contributed by atoms with Gasteiger partial charge in [0.25, 0.3) is 0 Å². The monoisotopic (exact) mass is 258 g/mol. The van der Waals surface area contributed by atoms with Gasteiger partial charge in [0.1, 0.15) is 5.82 Å². The summed E-state index contributed by atoms with van der Waals surface area (Å²) in [6.45, 7) is 3.80. The number of halogens is 1. The molecule has 0 amide bonds. The molecule has 0 heterocycles. The first-order valence-electron chi connectivity index (χ1n) is 6.54. The third-order valence-corrected chi connectivity index (χ3v) is 3.06. The number of nitrogens with zero attached hydrogens (tertiary/aromatic N) is 1. The quantitative estimate of drug-likeness (QED) is 0.826. The van der Waals surface area contributed by atoms with Gasteiger partial charge in [0.2, 0.25) is 0 Å². The van der Waals surface area contributed by atoms with Crippen molar-refractivity contribution in [2.75, 3.05) is 17.2 Å². The molecule has 0 aromatic heterocycles. The smallest absolute Gasteiger partial charge is 0.123 e. The van der Waals surface area contributed by atoms with Gasteiger partial charge in [-0.15, -0.1) is 0 Å². The molecule has 19 heavy (non-hydrogen) atoms. The molecule has 0 radical (unpaired) electrons. The molecule has 2 aromatic rings. The van der Waals surface area contributed by atoms with Crippen LogP contribution < -0.4 is 10.6 Å². The molecule has 100 valence electrons. The topological polar surface area (TPSA) is 29.3 Å². The van der Waals surface area contributed by atoms with Crippen LogP contribution in [0.4, 0.5) is 15.8 Å². The fraction of sp³-hybridized carbons (Fsp3) is 0.250. The summed E-state index contributed by atoms with van der Waals surface area (Å²) in [5.41, 5.74) is 8.92. The Morgan fingerprint density at radius 1 is 1.05 bits per heavy atom. The molecule has 2 N–H and O–H groups in total. The SMILES string of the molecule is CCCN(Cc1ccc(F)cc1)c1ccccc1N. The summed E-state index contributed by atoms with van der Waals surface area (Å²) in [5, 5.41) is 0. The normalized spacial score (nSPS) is 10.4. The van der Waals surface area contributed by atoms with E-state index < -0.39 is 0 Å². The molecule has 2 nitrogen and oxygen atoms in total. The Morgan fingerprint density at radius 2 is 1.74 bits per heavy atom. The van der Waals surface area contributed by atoms with Crippen molar-refractivity contribution in [3.05, 3.63) is 59.9 Å². The van der Waals surface area contributed by atoms with Crippen molar-refractivity contribution in [1.29, 1.82) is 0 Å². The molecule has 0 saturated carbocycles.